The zero-order valence-electron chi connectivity index (χ0n) is 11.2. The second-order valence-corrected chi connectivity index (χ2v) is 5.33. The van der Waals surface area contributed by atoms with Gasteiger partial charge in [-0.3, -0.25) is 4.79 Å². The number of aryl methyl sites for hydroxylation is 2. The summed E-state index contributed by atoms with van der Waals surface area (Å²) in [5.74, 6) is -0.0982. The fourth-order valence-corrected chi connectivity index (χ4v) is 2.61. The Morgan fingerprint density at radius 2 is 2.00 bits per heavy atom. The molecule has 20 heavy (non-hydrogen) atoms. The lowest BCUT2D eigenvalue weighted by molar-refractivity contribution is -0.114. The second-order valence-electron chi connectivity index (χ2n) is 4.48. The molecule has 0 aliphatic heterocycles. The standard InChI is InChI=1S/C15H15N3OS/c1-11(19)17-15-18-14(10-20-15)7-6-12-2-4-13(5-3-12)8-9-16/h2-5,10H,6-8H2,1H3,(H,17,18,19). The second kappa shape index (κ2) is 6.83. The lowest BCUT2D eigenvalue weighted by Gasteiger charge is -2.01. The molecule has 1 aromatic carbocycles. The number of nitriles is 1. The largest absolute Gasteiger partial charge is 0.302 e. The fraction of sp³-hybridized carbons (Fsp3) is 0.267. The van der Waals surface area contributed by atoms with Gasteiger partial charge in [0.25, 0.3) is 0 Å². The van der Waals surface area contributed by atoms with Crippen LogP contribution >= 0.6 is 11.3 Å². The summed E-state index contributed by atoms with van der Waals surface area (Å²) in [4.78, 5) is 15.3. The topological polar surface area (TPSA) is 65.8 Å². The lowest BCUT2D eigenvalue weighted by Crippen LogP contribution is -2.05. The number of anilines is 1. The van der Waals surface area contributed by atoms with Crippen LogP contribution in [-0.2, 0) is 24.1 Å². The fourth-order valence-electron chi connectivity index (χ4n) is 1.82. The third-order valence-electron chi connectivity index (χ3n) is 2.81. The van der Waals surface area contributed by atoms with Crippen molar-refractivity contribution < 1.29 is 4.79 Å². The smallest absolute Gasteiger partial charge is 0.223 e. The van der Waals surface area contributed by atoms with Crippen LogP contribution in [0, 0.1) is 11.3 Å². The molecule has 0 bridgehead atoms. The predicted molar refractivity (Wildman–Crippen MR) is 79.6 cm³/mol. The van der Waals surface area contributed by atoms with Crippen molar-refractivity contribution in [3.8, 4) is 6.07 Å². The van der Waals surface area contributed by atoms with E-state index in [1.165, 1.54) is 23.8 Å². The van der Waals surface area contributed by atoms with Crippen molar-refractivity contribution in [1.82, 2.24) is 4.98 Å². The molecule has 5 heteroatoms. The summed E-state index contributed by atoms with van der Waals surface area (Å²) in [7, 11) is 0. The number of amides is 1. The number of hydrogen-bond acceptors (Lipinski definition) is 4. The van der Waals surface area contributed by atoms with Crippen LogP contribution in [0.5, 0.6) is 0 Å². The summed E-state index contributed by atoms with van der Waals surface area (Å²) in [6.45, 7) is 1.48. The van der Waals surface area contributed by atoms with Crippen LogP contribution in [0.1, 0.15) is 23.7 Å². The molecular formula is C15H15N3OS. The van der Waals surface area contributed by atoms with E-state index in [9.17, 15) is 4.79 Å². The van der Waals surface area contributed by atoms with Crippen molar-refractivity contribution in [2.45, 2.75) is 26.2 Å². The van der Waals surface area contributed by atoms with Crippen molar-refractivity contribution in [2.75, 3.05) is 5.32 Å². The first kappa shape index (κ1) is 14.2. The molecule has 2 aromatic rings. The Bertz CT molecular complexity index is 625. The number of benzene rings is 1. The molecule has 0 unspecified atom stereocenters. The van der Waals surface area contributed by atoms with Crippen LogP contribution in [0.3, 0.4) is 0 Å². The Morgan fingerprint density at radius 1 is 1.30 bits per heavy atom. The predicted octanol–water partition coefficient (Wildman–Crippen LogP) is 2.95. The van der Waals surface area contributed by atoms with Crippen molar-refractivity contribution >= 4 is 22.4 Å². The van der Waals surface area contributed by atoms with E-state index in [4.69, 9.17) is 5.26 Å². The van der Waals surface area contributed by atoms with Gasteiger partial charge in [-0.2, -0.15) is 5.26 Å². The number of nitrogens with zero attached hydrogens (tertiary/aromatic N) is 2. The number of aromatic nitrogens is 1. The van der Waals surface area contributed by atoms with Crippen LogP contribution in [0.25, 0.3) is 0 Å². The molecule has 1 N–H and O–H groups in total. The minimum Gasteiger partial charge on any atom is -0.302 e. The van der Waals surface area contributed by atoms with E-state index in [1.807, 2.05) is 29.6 Å². The summed E-state index contributed by atoms with van der Waals surface area (Å²) >= 11 is 1.44. The minimum atomic E-state index is -0.0982. The summed E-state index contributed by atoms with van der Waals surface area (Å²) in [5, 5.41) is 13.9. The highest BCUT2D eigenvalue weighted by Crippen LogP contribution is 2.17. The third kappa shape index (κ3) is 4.18. The van der Waals surface area contributed by atoms with Crippen molar-refractivity contribution in [3.05, 3.63) is 46.5 Å². The maximum Gasteiger partial charge on any atom is 0.223 e. The molecule has 0 radical (unpaired) electrons. The summed E-state index contributed by atoms with van der Waals surface area (Å²) in [5.41, 5.74) is 3.25. The maximum atomic E-state index is 10.9. The van der Waals surface area contributed by atoms with Gasteiger partial charge < -0.3 is 5.32 Å². The Hall–Kier alpha value is -2.19. The zero-order valence-corrected chi connectivity index (χ0v) is 12.0. The minimum absolute atomic E-state index is 0.0982. The van der Waals surface area contributed by atoms with Crippen LogP contribution in [0.2, 0.25) is 0 Å². The van der Waals surface area contributed by atoms with Gasteiger partial charge in [-0.15, -0.1) is 11.3 Å². The lowest BCUT2D eigenvalue weighted by atomic mass is 10.1. The quantitative estimate of drug-likeness (QED) is 0.918. The van der Waals surface area contributed by atoms with Gasteiger partial charge >= 0.3 is 0 Å². The molecule has 0 aliphatic carbocycles. The molecule has 1 aromatic heterocycles. The monoisotopic (exact) mass is 285 g/mol. The van der Waals surface area contributed by atoms with E-state index in [0.29, 0.717) is 11.6 Å². The summed E-state index contributed by atoms with van der Waals surface area (Å²) in [6, 6.07) is 10.2. The van der Waals surface area contributed by atoms with Gasteiger partial charge in [-0.05, 0) is 24.0 Å². The SMILES string of the molecule is CC(=O)Nc1nc(CCc2ccc(CC#N)cc2)cs1. The third-order valence-corrected chi connectivity index (χ3v) is 3.62. The Balaban J connectivity index is 1.90. The Morgan fingerprint density at radius 3 is 2.65 bits per heavy atom. The maximum absolute atomic E-state index is 10.9. The highest BCUT2D eigenvalue weighted by molar-refractivity contribution is 7.13. The number of rotatable bonds is 5. The van der Waals surface area contributed by atoms with E-state index in [0.717, 1.165) is 24.1 Å². The molecule has 0 saturated heterocycles. The van der Waals surface area contributed by atoms with Gasteiger partial charge in [-0.1, -0.05) is 24.3 Å². The number of carbonyl (C=O) groups excluding carboxylic acids is 1. The van der Waals surface area contributed by atoms with E-state index >= 15 is 0 Å². The van der Waals surface area contributed by atoms with Gasteiger partial charge in [-0.25, -0.2) is 4.98 Å². The van der Waals surface area contributed by atoms with Crippen LogP contribution in [0.15, 0.2) is 29.6 Å². The van der Waals surface area contributed by atoms with Crippen LogP contribution in [0.4, 0.5) is 5.13 Å². The molecule has 4 nitrogen and oxygen atoms in total. The number of thiazole rings is 1. The molecule has 0 spiro atoms. The molecule has 0 saturated carbocycles. The highest BCUT2D eigenvalue weighted by Gasteiger charge is 2.04. The molecule has 1 heterocycles. The first-order valence-electron chi connectivity index (χ1n) is 6.34. The van der Waals surface area contributed by atoms with Gasteiger partial charge in [0.1, 0.15) is 0 Å². The van der Waals surface area contributed by atoms with Crippen molar-refractivity contribution in [1.29, 1.82) is 5.26 Å². The Labute approximate surface area is 122 Å². The molecule has 0 aliphatic rings. The van der Waals surface area contributed by atoms with Crippen molar-refractivity contribution in [2.24, 2.45) is 0 Å². The summed E-state index contributed by atoms with van der Waals surface area (Å²) < 4.78 is 0. The zero-order chi connectivity index (χ0) is 14.4. The van der Waals surface area contributed by atoms with Crippen LogP contribution in [-0.4, -0.2) is 10.9 Å². The summed E-state index contributed by atoms with van der Waals surface area (Å²) in [6.07, 6.45) is 2.19. The molecule has 102 valence electrons. The first-order chi connectivity index (χ1) is 9.67. The van der Waals surface area contributed by atoms with E-state index in [1.54, 1.807) is 0 Å². The molecule has 2 rings (SSSR count). The number of carbonyl (C=O) groups is 1. The average molecular weight is 285 g/mol. The average Bonchev–Trinajstić information content (AvgIpc) is 2.85. The van der Waals surface area contributed by atoms with Crippen LogP contribution < -0.4 is 5.32 Å². The Kier molecular flexibility index (Phi) is 4.85. The normalized spacial score (nSPS) is 10.0. The van der Waals surface area contributed by atoms with Gasteiger partial charge in [0.2, 0.25) is 5.91 Å². The van der Waals surface area contributed by atoms with Crippen molar-refractivity contribution in [3.63, 3.8) is 0 Å². The van der Waals surface area contributed by atoms with E-state index in [2.05, 4.69) is 16.4 Å². The van der Waals surface area contributed by atoms with E-state index < -0.39 is 0 Å². The van der Waals surface area contributed by atoms with E-state index in [-0.39, 0.29) is 5.91 Å². The number of hydrogen-bond donors (Lipinski definition) is 1. The van der Waals surface area contributed by atoms with Gasteiger partial charge in [0.15, 0.2) is 5.13 Å². The number of nitrogens with one attached hydrogen (secondary N) is 1. The highest BCUT2D eigenvalue weighted by atomic mass is 32.1. The first-order valence-corrected chi connectivity index (χ1v) is 7.22. The van der Waals surface area contributed by atoms with Gasteiger partial charge in [0, 0.05) is 12.3 Å². The molecule has 0 fully saturated rings. The molecule has 0 atom stereocenters. The van der Waals surface area contributed by atoms with Gasteiger partial charge in [0.05, 0.1) is 18.2 Å². The molecular weight excluding hydrogens is 270 g/mol. The molecule has 1 amide bonds.